The summed E-state index contributed by atoms with van der Waals surface area (Å²) in [7, 11) is 0. The molecule has 0 aliphatic carbocycles. The van der Waals surface area contributed by atoms with Gasteiger partial charge in [-0.05, 0) is 57.3 Å². The van der Waals surface area contributed by atoms with Crippen molar-refractivity contribution < 1.29 is 0 Å². The summed E-state index contributed by atoms with van der Waals surface area (Å²) in [5.41, 5.74) is 3.45. The fraction of sp³-hybridized carbons (Fsp3) is 0.0833. The van der Waals surface area contributed by atoms with Gasteiger partial charge in [0, 0.05) is 0 Å². The Kier molecular flexibility index (Phi) is 3.21. The second-order valence-electron chi connectivity index (χ2n) is 3.93. The van der Waals surface area contributed by atoms with Gasteiger partial charge in [0.25, 0.3) is 0 Å². The number of benzene rings is 1. The number of H-pyrrole nitrogens is 2. The molecular weight excluding hydrogens is 383 g/mol. The zero-order valence-electron chi connectivity index (χ0n) is 9.04. The Labute approximate surface area is 125 Å². The summed E-state index contributed by atoms with van der Waals surface area (Å²) in [5, 5.41) is 1.87. The molecule has 1 atom stereocenters. The number of thiophene rings is 1. The molecule has 2 heterocycles. The van der Waals surface area contributed by atoms with E-state index >= 15 is 0 Å². The largest absolute Gasteiger partial charge is 0.323 e. The van der Waals surface area contributed by atoms with Crippen molar-refractivity contribution in [3.8, 4) is 0 Å². The summed E-state index contributed by atoms with van der Waals surface area (Å²) in [6, 6.07) is 7.80. The first-order valence-corrected chi connectivity index (χ1v) is 7.63. The molecule has 0 bridgehead atoms. The van der Waals surface area contributed by atoms with Gasteiger partial charge in [0.05, 0.1) is 19.3 Å². The van der Waals surface area contributed by atoms with Crippen LogP contribution in [0.4, 0.5) is 0 Å². The fourth-order valence-electron chi connectivity index (χ4n) is 1.86. The van der Waals surface area contributed by atoms with E-state index in [-0.39, 0.29) is 11.1 Å². The Morgan fingerprint density at radius 1 is 1.17 bits per heavy atom. The van der Waals surface area contributed by atoms with E-state index in [0.717, 1.165) is 22.2 Å². The lowest BCUT2D eigenvalue weighted by Gasteiger charge is -2.07. The van der Waals surface area contributed by atoms with E-state index in [1.807, 2.05) is 18.2 Å². The van der Waals surface area contributed by atoms with Crippen LogP contribution in [0.1, 0.15) is 16.5 Å². The highest BCUT2D eigenvalue weighted by atomic mass is 127. The first kappa shape index (κ1) is 12.3. The van der Waals surface area contributed by atoms with Crippen LogP contribution in [0.3, 0.4) is 0 Å². The van der Waals surface area contributed by atoms with E-state index in [2.05, 4.69) is 44.0 Å². The van der Waals surface area contributed by atoms with Crippen LogP contribution in [-0.4, -0.2) is 9.97 Å². The highest BCUT2D eigenvalue weighted by molar-refractivity contribution is 14.1. The number of halogens is 2. The third-order valence-corrected chi connectivity index (χ3v) is 5.02. The topological polar surface area (TPSA) is 48.6 Å². The predicted octanol–water partition coefficient (Wildman–Crippen LogP) is 3.85. The van der Waals surface area contributed by atoms with Crippen LogP contribution in [-0.2, 0) is 0 Å². The molecule has 0 aliphatic rings. The van der Waals surface area contributed by atoms with Crippen LogP contribution < -0.4 is 5.69 Å². The zero-order chi connectivity index (χ0) is 12.7. The Balaban J connectivity index is 2.05. The van der Waals surface area contributed by atoms with Crippen molar-refractivity contribution in [2.75, 3.05) is 0 Å². The number of aromatic nitrogens is 2. The molecule has 3 aromatic rings. The van der Waals surface area contributed by atoms with Crippen molar-refractivity contribution in [3.63, 3.8) is 0 Å². The number of rotatable bonds is 2. The quantitative estimate of drug-likeness (QED) is 0.507. The third kappa shape index (κ3) is 2.22. The molecule has 2 N–H and O–H groups in total. The standard InChI is InChI=1S/C12H8ClIN2OS/c13-11(7-4-10(14)18-5-7)6-1-2-8-9(3-6)16-12(17)15-8/h1-5,11H,(H2,15,16,17). The van der Waals surface area contributed by atoms with Crippen LogP contribution in [0.5, 0.6) is 0 Å². The second-order valence-corrected chi connectivity index (χ2v) is 7.17. The molecule has 18 heavy (non-hydrogen) atoms. The number of aromatic amines is 2. The SMILES string of the molecule is O=c1[nH]c2ccc(C(Cl)c3csc(I)c3)cc2[nH]1. The predicted molar refractivity (Wildman–Crippen MR) is 83.7 cm³/mol. The Bertz CT molecular complexity index is 761. The van der Waals surface area contributed by atoms with Gasteiger partial charge in [0.1, 0.15) is 0 Å². The summed E-state index contributed by atoms with van der Waals surface area (Å²) < 4.78 is 1.21. The highest BCUT2D eigenvalue weighted by Crippen LogP contribution is 2.33. The van der Waals surface area contributed by atoms with Crippen LogP contribution >= 0.6 is 45.5 Å². The first-order valence-electron chi connectivity index (χ1n) is 5.23. The van der Waals surface area contributed by atoms with Crippen molar-refractivity contribution in [1.82, 2.24) is 9.97 Å². The van der Waals surface area contributed by atoms with Crippen LogP contribution in [0.15, 0.2) is 34.4 Å². The van der Waals surface area contributed by atoms with Gasteiger partial charge in [0.15, 0.2) is 0 Å². The molecular formula is C12H8ClIN2OS. The maximum absolute atomic E-state index is 11.2. The smallest absolute Gasteiger partial charge is 0.306 e. The molecule has 1 unspecified atom stereocenters. The molecule has 0 saturated carbocycles. The summed E-state index contributed by atoms with van der Waals surface area (Å²) in [5.74, 6) is 0. The molecule has 1 aromatic carbocycles. The van der Waals surface area contributed by atoms with Gasteiger partial charge >= 0.3 is 5.69 Å². The first-order chi connectivity index (χ1) is 8.63. The molecule has 0 spiro atoms. The molecule has 0 amide bonds. The van der Waals surface area contributed by atoms with Gasteiger partial charge in [-0.3, -0.25) is 0 Å². The van der Waals surface area contributed by atoms with Crippen LogP contribution in [0.25, 0.3) is 11.0 Å². The molecule has 0 radical (unpaired) electrons. The van der Waals surface area contributed by atoms with E-state index in [0.29, 0.717) is 0 Å². The minimum absolute atomic E-state index is 0.187. The molecule has 0 saturated heterocycles. The average molecular weight is 391 g/mol. The molecule has 6 heteroatoms. The van der Waals surface area contributed by atoms with Crippen molar-refractivity contribution >= 4 is 56.6 Å². The van der Waals surface area contributed by atoms with Crippen molar-refractivity contribution in [2.24, 2.45) is 0 Å². The summed E-state index contributed by atoms with van der Waals surface area (Å²) in [6.45, 7) is 0. The number of imidazole rings is 1. The fourth-order valence-corrected chi connectivity index (χ4v) is 3.59. The molecule has 2 aromatic heterocycles. The average Bonchev–Trinajstić information content (AvgIpc) is 2.92. The maximum Gasteiger partial charge on any atom is 0.323 e. The number of alkyl halides is 1. The minimum atomic E-state index is -0.196. The molecule has 0 fully saturated rings. The van der Waals surface area contributed by atoms with E-state index in [1.54, 1.807) is 11.3 Å². The van der Waals surface area contributed by atoms with E-state index in [4.69, 9.17) is 11.6 Å². The van der Waals surface area contributed by atoms with E-state index in [9.17, 15) is 4.79 Å². The minimum Gasteiger partial charge on any atom is -0.306 e. The lowest BCUT2D eigenvalue weighted by molar-refractivity contribution is 1.16. The van der Waals surface area contributed by atoms with Gasteiger partial charge in [-0.25, -0.2) is 4.79 Å². The molecule has 92 valence electrons. The highest BCUT2D eigenvalue weighted by Gasteiger charge is 2.13. The normalized spacial score (nSPS) is 13.0. The number of hydrogen-bond acceptors (Lipinski definition) is 2. The number of hydrogen-bond donors (Lipinski definition) is 2. The van der Waals surface area contributed by atoms with Crippen molar-refractivity contribution in [1.29, 1.82) is 0 Å². The summed E-state index contributed by atoms with van der Waals surface area (Å²) in [6.07, 6.45) is 0. The van der Waals surface area contributed by atoms with Gasteiger partial charge < -0.3 is 9.97 Å². The summed E-state index contributed by atoms with van der Waals surface area (Å²) in [4.78, 5) is 16.7. The van der Waals surface area contributed by atoms with Gasteiger partial charge in [-0.15, -0.1) is 22.9 Å². The third-order valence-electron chi connectivity index (χ3n) is 2.71. The van der Waals surface area contributed by atoms with Crippen LogP contribution in [0.2, 0.25) is 0 Å². The Hall–Kier alpha value is -0.790. The second kappa shape index (κ2) is 4.71. The van der Waals surface area contributed by atoms with Gasteiger partial charge in [0.2, 0.25) is 0 Å². The maximum atomic E-state index is 11.2. The van der Waals surface area contributed by atoms with Crippen molar-refractivity contribution in [2.45, 2.75) is 5.38 Å². The van der Waals surface area contributed by atoms with Crippen molar-refractivity contribution in [3.05, 3.63) is 54.1 Å². The van der Waals surface area contributed by atoms with E-state index < -0.39 is 0 Å². The van der Waals surface area contributed by atoms with Gasteiger partial charge in [-0.1, -0.05) is 6.07 Å². The Morgan fingerprint density at radius 2 is 1.94 bits per heavy atom. The monoisotopic (exact) mass is 390 g/mol. The lowest BCUT2D eigenvalue weighted by atomic mass is 10.1. The van der Waals surface area contributed by atoms with E-state index in [1.165, 1.54) is 2.88 Å². The zero-order valence-corrected chi connectivity index (χ0v) is 12.8. The molecule has 0 aliphatic heterocycles. The molecule has 3 rings (SSSR count). The number of nitrogens with one attached hydrogen (secondary N) is 2. The summed E-state index contributed by atoms with van der Waals surface area (Å²) >= 11 is 10.4. The van der Waals surface area contributed by atoms with Gasteiger partial charge in [-0.2, -0.15) is 0 Å². The lowest BCUT2D eigenvalue weighted by Crippen LogP contribution is -1.99. The Morgan fingerprint density at radius 3 is 2.67 bits per heavy atom. The number of fused-ring (bicyclic) bond motifs is 1. The molecule has 3 nitrogen and oxygen atoms in total. The van der Waals surface area contributed by atoms with Crippen LogP contribution in [0, 0.1) is 2.88 Å².